The number of halogens is 4. The van der Waals surface area contributed by atoms with E-state index in [2.05, 4.69) is 12.2 Å². The van der Waals surface area contributed by atoms with Crippen molar-refractivity contribution in [3.63, 3.8) is 0 Å². The lowest BCUT2D eigenvalue weighted by atomic mass is 9.90. The summed E-state index contributed by atoms with van der Waals surface area (Å²) in [6.45, 7) is 3.83. The van der Waals surface area contributed by atoms with Gasteiger partial charge in [-0.05, 0) is 75.0 Å². The van der Waals surface area contributed by atoms with E-state index >= 15 is 0 Å². The highest BCUT2D eigenvalue weighted by molar-refractivity contribution is 7.16. The molecule has 1 aromatic carbocycles. The molecule has 1 heterocycles. The molecule has 0 radical (unpaired) electrons. The van der Waals surface area contributed by atoms with Gasteiger partial charge in [0.2, 0.25) is 0 Å². The zero-order valence-electron chi connectivity index (χ0n) is 16.5. The second-order valence-corrected chi connectivity index (χ2v) is 9.44. The van der Waals surface area contributed by atoms with E-state index in [-0.39, 0.29) is 5.75 Å². The van der Waals surface area contributed by atoms with Crippen LogP contribution in [0.4, 0.5) is 13.2 Å². The Kier molecular flexibility index (Phi) is 7.52. The van der Waals surface area contributed by atoms with E-state index in [1.165, 1.54) is 30.2 Å². The minimum Gasteiger partial charge on any atom is -0.482 e. The molecule has 1 N–H and O–H groups in total. The Bertz CT molecular complexity index is 790. The topological polar surface area (TPSA) is 21.3 Å². The molecule has 1 fully saturated rings. The van der Waals surface area contributed by atoms with Gasteiger partial charge in [0.05, 0.1) is 9.90 Å². The standard InChI is InChI=1S/C22H27ClF3NOS/c1-2-3-11-21(19-9-10-20(23)29-19,12-13-27-15-16-7-8-16)28-18-6-4-5-17(14-18)22(24,25)26/h4-6,9-10,14,16,27H,2-3,7-8,11-13,15H2,1H3. The second kappa shape index (κ2) is 9.71. The highest BCUT2D eigenvalue weighted by Crippen LogP contribution is 2.42. The predicted octanol–water partition coefficient (Wildman–Crippen LogP) is 7.27. The zero-order valence-corrected chi connectivity index (χ0v) is 18.1. The molecule has 1 aliphatic carbocycles. The fourth-order valence-electron chi connectivity index (χ4n) is 3.43. The fraction of sp³-hybridized carbons (Fsp3) is 0.545. The van der Waals surface area contributed by atoms with Gasteiger partial charge in [-0.25, -0.2) is 0 Å². The number of ether oxygens (including phenoxy) is 1. The van der Waals surface area contributed by atoms with Gasteiger partial charge in [-0.2, -0.15) is 13.2 Å². The Hall–Kier alpha value is -1.24. The van der Waals surface area contributed by atoms with E-state index in [0.29, 0.717) is 10.8 Å². The summed E-state index contributed by atoms with van der Waals surface area (Å²) >= 11 is 7.64. The summed E-state index contributed by atoms with van der Waals surface area (Å²) in [7, 11) is 0. The molecule has 0 spiro atoms. The number of hydrogen-bond donors (Lipinski definition) is 1. The Labute approximate surface area is 179 Å². The largest absolute Gasteiger partial charge is 0.482 e. The Balaban J connectivity index is 1.86. The van der Waals surface area contributed by atoms with Crippen LogP contribution in [0.1, 0.15) is 55.9 Å². The molecule has 2 nitrogen and oxygen atoms in total. The molecule has 0 saturated heterocycles. The lowest BCUT2D eigenvalue weighted by molar-refractivity contribution is -0.137. The summed E-state index contributed by atoms with van der Waals surface area (Å²) in [6.07, 6.45) is 1.43. The van der Waals surface area contributed by atoms with Crippen molar-refractivity contribution in [2.24, 2.45) is 5.92 Å². The van der Waals surface area contributed by atoms with Crippen molar-refractivity contribution in [1.29, 1.82) is 0 Å². The third-order valence-corrected chi connectivity index (χ3v) is 6.68. The molecule has 160 valence electrons. The monoisotopic (exact) mass is 445 g/mol. The van der Waals surface area contributed by atoms with E-state index in [9.17, 15) is 13.2 Å². The van der Waals surface area contributed by atoms with Gasteiger partial charge in [0.15, 0.2) is 0 Å². The number of unbranched alkanes of at least 4 members (excludes halogenated alkanes) is 1. The molecule has 3 rings (SSSR count). The molecule has 1 aromatic heterocycles. The molecule has 1 unspecified atom stereocenters. The number of alkyl halides is 3. The lowest BCUT2D eigenvalue weighted by Gasteiger charge is -2.34. The van der Waals surface area contributed by atoms with Crippen molar-refractivity contribution < 1.29 is 17.9 Å². The molecule has 29 heavy (non-hydrogen) atoms. The van der Waals surface area contributed by atoms with Gasteiger partial charge in [-0.1, -0.05) is 31.0 Å². The Morgan fingerprint density at radius 1 is 1.17 bits per heavy atom. The van der Waals surface area contributed by atoms with Gasteiger partial charge in [-0.3, -0.25) is 0 Å². The van der Waals surface area contributed by atoms with E-state index < -0.39 is 17.3 Å². The van der Waals surface area contributed by atoms with Crippen LogP contribution in [-0.4, -0.2) is 13.1 Å². The minimum absolute atomic E-state index is 0.239. The minimum atomic E-state index is -4.40. The number of benzene rings is 1. The molecule has 7 heteroatoms. The van der Waals surface area contributed by atoms with Gasteiger partial charge in [-0.15, -0.1) is 11.3 Å². The first-order chi connectivity index (χ1) is 13.8. The van der Waals surface area contributed by atoms with E-state index in [4.69, 9.17) is 16.3 Å². The Morgan fingerprint density at radius 3 is 2.59 bits per heavy atom. The highest BCUT2D eigenvalue weighted by Gasteiger charge is 2.37. The van der Waals surface area contributed by atoms with Crippen molar-refractivity contribution in [2.75, 3.05) is 13.1 Å². The fourth-order valence-corrected chi connectivity index (χ4v) is 4.65. The quantitative estimate of drug-likeness (QED) is 0.367. The second-order valence-electron chi connectivity index (χ2n) is 7.73. The summed E-state index contributed by atoms with van der Waals surface area (Å²) in [5.74, 6) is 1.00. The molecule has 0 aliphatic heterocycles. The third kappa shape index (κ3) is 6.37. The third-order valence-electron chi connectivity index (χ3n) is 5.27. The molecule has 0 amide bonds. The molecular formula is C22H27ClF3NOS. The van der Waals surface area contributed by atoms with Crippen LogP contribution in [-0.2, 0) is 11.8 Å². The molecule has 1 saturated carbocycles. The molecule has 1 aliphatic rings. The van der Waals surface area contributed by atoms with Crippen molar-refractivity contribution in [3.8, 4) is 5.75 Å². The average molecular weight is 446 g/mol. The number of nitrogens with one attached hydrogen (secondary N) is 1. The maximum Gasteiger partial charge on any atom is 0.416 e. The summed E-state index contributed by atoms with van der Waals surface area (Å²) in [6, 6.07) is 8.93. The van der Waals surface area contributed by atoms with Crippen LogP contribution in [0.3, 0.4) is 0 Å². The van der Waals surface area contributed by atoms with Gasteiger partial charge in [0, 0.05) is 11.3 Å². The molecular weight excluding hydrogens is 419 g/mol. The lowest BCUT2D eigenvalue weighted by Crippen LogP contribution is -2.36. The average Bonchev–Trinajstić information content (AvgIpc) is 3.41. The van der Waals surface area contributed by atoms with Crippen LogP contribution >= 0.6 is 22.9 Å². The maximum atomic E-state index is 13.2. The van der Waals surface area contributed by atoms with E-state index in [0.717, 1.165) is 55.3 Å². The first-order valence-corrected chi connectivity index (χ1v) is 11.3. The van der Waals surface area contributed by atoms with Gasteiger partial charge >= 0.3 is 6.18 Å². The SMILES string of the molecule is CCCCC(CCNCC1CC1)(Oc1cccc(C(F)(F)F)c1)c1ccc(Cl)s1. The molecule has 1 atom stereocenters. The molecule has 2 aromatic rings. The van der Waals surface area contributed by atoms with E-state index in [1.807, 2.05) is 12.1 Å². The van der Waals surface area contributed by atoms with Crippen LogP contribution in [0, 0.1) is 5.92 Å². The van der Waals surface area contributed by atoms with Crippen LogP contribution in [0.2, 0.25) is 4.34 Å². The van der Waals surface area contributed by atoms with Gasteiger partial charge in [0.1, 0.15) is 11.4 Å². The van der Waals surface area contributed by atoms with Gasteiger partial charge < -0.3 is 10.1 Å². The number of rotatable bonds is 11. The van der Waals surface area contributed by atoms with Crippen molar-refractivity contribution in [2.45, 2.75) is 57.2 Å². The van der Waals surface area contributed by atoms with Crippen LogP contribution in [0.15, 0.2) is 36.4 Å². The van der Waals surface area contributed by atoms with Crippen LogP contribution in [0.25, 0.3) is 0 Å². The first-order valence-electron chi connectivity index (χ1n) is 10.2. The first kappa shape index (κ1) is 22.4. The van der Waals surface area contributed by atoms with Crippen molar-refractivity contribution >= 4 is 22.9 Å². The predicted molar refractivity (Wildman–Crippen MR) is 113 cm³/mol. The smallest absolute Gasteiger partial charge is 0.416 e. The summed E-state index contributed by atoms with van der Waals surface area (Å²) in [5, 5.41) is 3.49. The van der Waals surface area contributed by atoms with Crippen LogP contribution in [0.5, 0.6) is 5.75 Å². The van der Waals surface area contributed by atoms with E-state index in [1.54, 1.807) is 6.07 Å². The summed E-state index contributed by atoms with van der Waals surface area (Å²) < 4.78 is 46.6. The number of thiophene rings is 1. The van der Waals surface area contributed by atoms with Crippen LogP contribution < -0.4 is 10.1 Å². The Morgan fingerprint density at radius 2 is 1.97 bits per heavy atom. The normalized spacial score (nSPS) is 16.6. The highest BCUT2D eigenvalue weighted by atomic mass is 35.5. The summed E-state index contributed by atoms with van der Waals surface area (Å²) in [4.78, 5) is 0.960. The summed E-state index contributed by atoms with van der Waals surface area (Å²) in [5.41, 5.74) is -1.40. The maximum absolute atomic E-state index is 13.2. The van der Waals surface area contributed by atoms with Crippen molar-refractivity contribution in [3.05, 3.63) is 51.2 Å². The zero-order chi connectivity index (χ0) is 20.9. The van der Waals surface area contributed by atoms with Crippen molar-refractivity contribution in [1.82, 2.24) is 5.32 Å². The van der Waals surface area contributed by atoms with Gasteiger partial charge in [0.25, 0.3) is 0 Å². The molecule has 0 bridgehead atoms. The number of hydrogen-bond acceptors (Lipinski definition) is 3.